The largest absolute Gasteiger partial charge is 0.355 e. The average molecular weight is 248 g/mol. The summed E-state index contributed by atoms with van der Waals surface area (Å²) in [6, 6.07) is 8.35. The van der Waals surface area contributed by atoms with Crippen LogP contribution in [0, 0.1) is 6.92 Å². The fourth-order valence-corrected chi connectivity index (χ4v) is 1.89. The zero-order valence-electron chi connectivity index (χ0n) is 11.8. The molecule has 0 aromatic heterocycles. The van der Waals surface area contributed by atoms with Gasteiger partial charge in [-0.05, 0) is 32.8 Å². The summed E-state index contributed by atoms with van der Waals surface area (Å²) in [5, 5.41) is 6.22. The lowest BCUT2D eigenvalue weighted by Crippen LogP contribution is -2.43. The Morgan fingerprint density at radius 1 is 1.33 bits per heavy atom. The minimum absolute atomic E-state index is 0.0661. The summed E-state index contributed by atoms with van der Waals surface area (Å²) >= 11 is 0. The molecule has 3 nitrogen and oxygen atoms in total. The molecule has 0 aliphatic carbocycles. The van der Waals surface area contributed by atoms with E-state index in [0.29, 0.717) is 0 Å². The molecule has 2 atom stereocenters. The first-order valence-corrected chi connectivity index (χ1v) is 6.65. The molecule has 1 aromatic carbocycles. The Balaban J connectivity index is 2.53. The Kier molecular flexibility index (Phi) is 5.86. The number of carbonyl (C=O) groups excluding carboxylic acids is 1. The highest BCUT2D eigenvalue weighted by Gasteiger charge is 2.15. The van der Waals surface area contributed by atoms with Crippen molar-refractivity contribution in [3.05, 3.63) is 35.4 Å². The van der Waals surface area contributed by atoms with Crippen LogP contribution < -0.4 is 10.6 Å². The van der Waals surface area contributed by atoms with Crippen LogP contribution >= 0.6 is 0 Å². The molecule has 0 radical (unpaired) electrons. The van der Waals surface area contributed by atoms with Gasteiger partial charge in [-0.15, -0.1) is 0 Å². The second kappa shape index (κ2) is 7.17. The van der Waals surface area contributed by atoms with Gasteiger partial charge in [-0.2, -0.15) is 0 Å². The van der Waals surface area contributed by atoms with E-state index in [1.165, 1.54) is 11.1 Å². The van der Waals surface area contributed by atoms with Gasteiger partial charge in [0.05, 0.1) is 6.04 Å². The first-order valence-electron chi connectivity index (χ1n) is 6.65. The van der Waals surface area contributed by atoms with Crippen molar-refractivity contribution in [1.29, 1.82) is 0 Å². The summed E-state index contributed by atoms with van der Waals surface area (Å²) in [4.78, 5) is 11.8. The van der Waals surface area contributed by atoms with Gasteiger partial charge in [0.15, 0.2) is 0 Å². The SMILES string of the molecule is CCCNC(=O)C(C)NC(C)c1cccc(C)c1. The van der Waals surface area contributed by atoms with Gasteiger partial charge in [0.25, 0.3) is 0 Å². The van der Waals surface area contributed by atoms with Gasteiger partial charge in [0.1, 0.15) is 0 Å². The molecule has 3 heteroatoms. The number of carbonyl (C=O) groups is 1. The van der Waals surface area contributed by atoms with E-state index in [2.05, 4.69) is 42.7 Å². The molecule has 1 aromatic rings. The van der Waals surface area contributed by atoms with Crippen molar-refractivity contribution in [3.8, 4) is 0 Å². The summed E-state index contributed by atoms with van der Waals surface area (Å²) in [5.41, 5.74) is 2.45. The van der Waals surface area contributed by atoms with Crippen molar-refractivity contribution in [2.45, 2.75) is 46.2 Å². The van der Waals surface area contributed by atoms with Gasteiger partial charge in [-0.1, -0.05) is 36.8 Å². The van der Waals surface area contributed by atoms with Crippen molar-refractivity contribution in [2.24, 2.45) is 0 Å². The van der Waals surface area contributed by atoms with Crippen LogP contribution in [-0.4, -0.2) is 18.5 Å². The molecule has 0 saturated carbocycles. The van der Waals surface area contributed by atoms with Crippen LogP contribution in [0.15, 0.2) is 24.3 Å². The monoisotopic (exact) mass is 248 g/mol. The average Bonchev–Trinajstić information content (AvgIpc) is 2.35. The molecule has 2 unspecified atom stereocenters. The maximum absolute atomic E-state index is 11.8. The van der Waals surface area contributed by atoms with Gasteiger partial charge in [-0.3, -0.25) is 10.1 Å². The highest BCUT2D eigenvalue weighted by molar-refractivity contribution is 5.81. The molecule has 0 bridgehead atoms. The Morgan fingerprint density at radius 2 is 2.06 bits per heavy atom. The van der Waals surface area contributed by atoms with Crippen molar-refractivity contribution in [2.75, 3.05) is 6.54 Å². The van der Waals surface area contributed by atoms with Crippen LogP contribution in [0.5, 0.6) is 0 Å². The first kappa shape index (κ1) is 14.7. The maximum Gasteiger partial charge on any atom is 0.236 e. The lowest BCUT2D eigenvalue weighted by Gasteiger charge is -2.20. The van der Waals surface area contributed by atoms with E-state index in [0.717, 1.165) is 13.0 Å². The number of amides is 1. The quantitative estimate of drug-likeness (QED) is 0.812. The van der Waals surface area contributed by atoms with Crippen LogP contribution in [0.1, 0.15) is 44.4 Å². The number of benzene rings is 1. The molecule has 100 valence electrons. The Morgan fingerprint density at radius 3 is 2.67 bits per heavy atom. The second-order valence-corrected chi connectivity index (χ2v) is 4.82. The topological polar surface area (TPSA) is 41.1 Å². The molecule has 0 fully saturated rings. The van der Waals surface area contributed by atoms with Crippen molar-refractivity contribution >= 4 is 5.91 Å². The predicted octanol–water partition coefficient (Wildman–Crippen LogP) is 2.56. The molecular weight excluding hydrogens is 224 g/mol. The highest BCUT2D eigenvalue weighted by Crippen LogP contribution is 2.14. The summed E-state index contributed by atoms with van der Waals surface area (Å²) in [6.07, 6.45) is 0.964. The minimum atomic E-state index is -0.174. The van der Waals surface area contributed by atoms with Gasteiger partial charge < -0.3 is 5.32 Å². The van der Waals surface area contributed by atoms with Gasteiger partial charge >= 0.3 is 0 Å². The van der Waals surface area contributed by atoms with Crippen LogP contribution in [0.3, 0.4) is 0 Å². The minimum Gasteiger partial charge on any atom is -0.355 e. The maximum atomic E-state index is 11.8. The van der Waals surface area contributed by atoms with E-state index < -0.39 is 0 Å². The molecule has 0 heterocycles. The van der Waals surface area contributed by atoms with E-state index in [-0.39, 0.29) is 18.0 Å². The van der Waals surface area contributed by atoms with E-state index in [1.807, 2.05) is 19.9 Å². The zero-order valence-corrected chi connectivity index (χ0v) is 11.8. The number of hydrogen-bond acceptors (Lipinski definition) is 2. The standard InChI is InChI=1S/C15H24N2O/c1-5-9-16-15(18)13(4)17-12(3)14-8-6-7-11(2)10-14/h6-8,10,12-13,17H,5,9H2,1-4H3,(H,16,18). The highest BCUT2D eigenvalue weighted by atomic mass is 16.2. The van der Waals surface area contributed by atoms with Gasteiger partial charge in [0, 0.05) is 12.6 Å². The lowest BCUT2D eigenvalue weighted by atomic mass is 10.1. The number of aryl methyl sites for hydroxylation is 1. The fraction of sp³-hybridized carbons (Fsp3) is 0.533. The van der Waals surface area contributed by atoms with Crippen LogP contribution in [0.2, 0.25) is 0 Å². The molecule has 2 N–H and O–H groups in total. The lowest BCUT2D eigenvalue weighted by molar-refractivity contribution is -0.122. The number of hydrogen-bond donors (Lipinski definition) is 2. The summed E-state index contributed by atoms with van der Waals surface area (Å²) < 4.78 is 0. The van der Waals surface area contributed by atoms with Crippen LogP contribution in [-0.2, 0) is 4.79 Å². The molecule has 1 amide bonds. The summed E-state index contributed by atoms with van der Waals surface area (Å²) in [7, 11) is 0. The van der Waals surface area contributed by atoms with Gasteiger partial charge in [-0.25, -0.2) is 0 Å². The molecular formula is C15H24N2O. The summed E-state index contributed by atoms with van der Waals surface area (Å²) in [5.74, 6) is 0.0661. The Bertz CT molecular complexity index is 390. The Hall–Kier alpha value is -1.35. The predicted molar refractivity (Wildman–Crippen MR) is 75.5 cm³/mol. The van der Waals surface area contributed by atoms with E-state index >= 15 is 0 Å². The number of nitrogens with one attached hydrogen (secondary N) is 2. The Labute approximate surface area is 110 Å². The molecule has 1 rings (SSSR count). The zero-order chi connectivity index (χ0) is 13.5. The van der Waals surface area contributed by atoms with Crippen molar-refractivity contribution in [3.63, 3.8) is 0 Å². The third kappa shape index (κ3) is 4.49. The molecule has 0 spiro atoms. The smallest absolute Gasteiger partial charge is 0.236 e. The van der Waals surface area contributed by atoms with Crippen molar-refractivity contribution < 1.29 is 4.79 Å². The number of rotatable bonds is 6. The molecule has 0 saturated heterocycles. The van der Waals surface area contributed by atoms with Gasteiger partial charge in [0.2, 0.25) is 5.91 Å². The van der Waals surface area contributed by atoms with E-state index in [9.17, 15) is 4.79 Å². The third-order valence-corrected chi connectivity index (χ3v) is 2.98. The second-order valence-electron chi connectivity index (χ2n) is 4.82. The van der Waals surface area contributed by atoms with E-state index in [1.54, 1.807) is 0 Å². The molecule has 18 heavy (non-hydrogen) atoms. The first-order chi connectivity index (χ1) is 8.54. The van der Waals surface area contributed by atoms with Crippen LogP contribution in [0.25, 0.3) is 0 Å². The molecule has 0 aliphatic heterocycles. The molecule has 0 aliphatic rings. The summed E-state index contributed by atoms with van der Waals surface area (Å²) in [6.45, 7) is 8.85. The fourth-order valence-electron chi connectivity index (χ4n) is 1.89. The van der Waals surface area contributed by atoms with Crippen molar-refractivity contribution in [1.82, 2.24) is 10.6 Å². The normalized spacial score (nSPS) is 14.0. The van der Waals surface area contributed by atoms with E-state index in [4.69, 9.17) is 0 Å². The third-order valence-electron chi connectivity index (χ3n) is 2.98. The van der Waals surface area contributed by atoms with Crippen LogP contribution in [0.4, 0.5) is 0 Å².